The molecule has 10 aromatic rings. The van der Waals surface area contributed by atoms with Gasteiger partial charge in [0.05, 0.1) is 16.5 Å². The van der Waals surface area contributed by atoms with Crippen LogP contribution in [-0.2, 0) is 0 Å². The molecule has 0 aliphatic carbocycles. The van der Waals surface area contributed by atoms with Crippen LogP contribution >= 0.6 is 0 Å². The van der Waals surface area contributed by atoms with Crippen molar-refractivity contribution in [3.8, 4) is 27.9 Å². The molecule has 46 heavy (non-hydrogen) atoms. The minimum absolute atomic E-state index is 0.271. The highest BCUT2D eigenvalue weighted by Gasteiger charge is 2.30. The second kappa shape index (κ2) is 8.61. The van der Waals surface area contributed by atoms with Crippen LogP contribution in [0.1, 0.15) is 16.7 Å². The van der Waals surface area contributed by atoms with Crippen molar-refractivity contribution in [2.75, 3.05) is 0 Å². The van der Waals surface area contributed by atoms with Gasteiger partial charge in [0.15, 0.2) is 0 Å². The van der Waals surface area contributed by atoms with Crippen molar-refractivity contribution >= 4 is 64.6 Å². The summed E-state index contributed by atoms with van der Waals surface area (Å²) in [6.07, 6.45) is 7.20. The highest BCUT2D eigenvalue weighted by Crippen LogP contribution is 2.53. The SMILES string of the molecule is Cc1ccc(C)c(-n2c(=O)c3c4cc(-c5ccncc5)c5ccc6ccc7c(-c8ccncc8)cc(c3c2=O)c2c7c6c5c42)c1C. The Morgan fingerprint density at radius 1 is 0.478 bits per heavy atom. The summed E-state index contributed by atoms with van der Waals surface area (Å²) in [4.78, 5) is 38.2. The van der Waals surface area contributed by atoms with Crippen molar-refractivity contribution in [1.29, 1.82) is 0 Å². The van der Waals surface area contributed by atoms with Gasteiger partial charge in [-0.1, -0.05) is 36.4 Å². The molecule has 3 heterocycles. The third kappa shape index (κ3) is 2.95. The molecule has 3 aromatic heterocycles. The predicted molar refractivity (Wildman–Crippen MR) is 189 cm³/mol. The van der Waals surface area contributed by atoms with E-state index in [-0.39, 0.29) is 11.1 Å². The fraction of sp³-hybridized carbons (Fsp3) is 0.0732. The summed E-state index contributed by atoms with van der Waals surface area (Å²) in [6.45, 7) is 5.98. The summed E-state index contributed by atoms with van der Waals surface area (Å²) in [6, 6.07) is 25.1. The van der Waals surface area contributed by atoms with Gasteiger partial charge in [-0.2, -0.15) is 0 Å². The van der Waals surface area contributed by atoms with E-state index >= 15 is 0 Å². The maximum Gasteiger partial charge on any atom is 0.266 e. The molecule has 216 valence electrons. The largest absolute Gasteiger partial charge is 0.268 e. The lowest BCUT2D eigenvalue weighted by Crippen LogP contribution is -2.25. The molecule has 5 nitrogen and oxygen atoms in total. The molecule has 0 fully saturated rings. The lowest BCUT2D eigenvalue weighted by atomic mass is 9.89. The van der Waals surface area contributed by atoms with Crippen molar-refractivity contribution in [2.45, 2.75) is 20.8 Å². The number of aromatic nitrogens is 3. The molecule has 0 radical (unpaired) electrons. The van der Waals surface area contributed by atoms with Gasteiger partial charge in [0.1, 0.15) is 0 Å². The Kier molecular flexibility index (Phi) is 4.75. The Morgan fingerprint density at radius 2 is 0.935 bits per heavy atom. The van der Waals surface area contributed by atoms with E-state index in [1.807, 2.05) is 57.2 Å². The first-order valence-electron chi connectivity index (χ1n) is 15.5. The number of fused-ring (bicyclic) bond motifs is 3. The van der Waals surface area contributed by atoms with Gasteiger partial charge >= 0.3 is 0 Å². The fourth-order valence-corrected chi connectivity index (χ4v) is 8.21. The summed E-state index contributed by atoms with van der Waals surface area (Å²) < 4.78 is 1.43. The lowest BCUT2D eigenvalue weighted by Gasteiger charge is -2.12. The van der Waals surface area contributed by atoms with Crippen LogP contribution in [0.15, 0.2) is 107 Å². The average Bonchev–Trinajstić information content (AvgIpc) is 3.58. The van der Waals surface area contributed by atoms with Gasteiger partial charge in [-0.25, -0.2) is 4.57 Å². The Bertz CT molecular complexity index is 2800. The number of rotatable bonds is 3. The van der Waals surface area contributed by atoms with E-state index in [0.29, 0.717) is 16.5 Å². The number of hydrogen-bond donors (Lipinski definition) is 0. The van der Waals surface area contributed by atoms with E-state index in [1.165, 1.54) is 9.95 Å². The fourth-order valence-electron chi connectivity index (χ4n) is 8.21. The van der Waals surface area contributed by atoms with Gasteiger partial charge in [-0.15, -0.1) is 0 Å². The molecule has 0 atom stereocenters. The molecule has 0 unspecified atom stereocenters. The highest BCUT2D eigenvalue weighted by atomic mass is 16.2. The van der Waals surface area contributed by atoms with E-state index < -0.39 is 0 Å². The van der Waals surface area contributed by atoms with Crippen LogP contribution in [-0.4, -0.2) is 14.5 Å². The first-order valence-corrected chi connectivity index (χ1v) is 15.5. The molecular formula is C41H25N3O2. The van der Waals surface area contributed by atoms with Crippen LogP contribution in [0, 0.1) is 20.8 Å². The maximum absolute atomic E-state index is 14.9. The maximum atomic E-state index is 14.9. The molecular weight excluding hydrogens is 566 g/mol. The van der Waals surface area contributed by atoms with Gasteiger partial charge in [0.25, 0.3) is 11.1 Å². The summed E-state index contributed by atoms with van der Waals surface area (Å²) in [7, 11) is 0. The number of aryl methyl sites for hydroxylation is 2. The Hall–Kier alpha value is -5.94. The van der Waals surface area contributed by atoms with Crippen molar-refractivity contribution in [3.63, 3.8) is 0 Å². The van der Waals surface area contributed by atoms with Crippen LogP contribution in [0.2, 0.25) is 0 Å². The van der Waals surface area contributed by atoms with Crippen LogP contribution < -0.4 is 11.1 Å². The second-order valence-electron chi connectivity index (χ2n) is 12.6. The van der Waals surface area contributed by atoms with Crippen LogP contribution in [0.3, 0.4) is 0 Å². The molecule has 0 aliphatic rings. The lowest BCUT2D eigenvalue weighted by molar-refractivity contribution is 0.960. The normalized spacial score (nSPS) is 12.4. The third-order valence-corrected chi connectivity index (χ3v) is 10.4. The molecule has 0 saturated heterocycles. The summed E-state index contributed by atoms with van der Waals surface area (Å²) in [5.41, 5.74) is 7.09. The zero-order valence-electron chi connectivity index (χ0n) is 25.4. The zero-order valence-corrected chi connectivity index (χ0v) is 25.4. The standard InChI is InChI=1S/C41H25N3O2/c1-20-4-5-21(2)39(22(20)3)44-40(45)37-30-18-28(23-10-14-42-15-11-23)26-8-6-25-7-9-27-29(24-12-16-43-17-13-24)19-31(38(37)41(44)46)36-34(27)32(25)33(26)35(30)36/h4-19H,1-3H3. The Balaban J connectivity index is 1.54. The predicted octanol–water partition coefficient (Wildman–Crippen LogP) is 8.92. The monoisotopic (exact) mass is 591 g/mol. The highest BCUT2D eigenvalue weighted by molar-refractivity contribution is 6.50. The molecule has 0 amide bonds. The quantitative estimate of drug-likeness (QED) is 0.193. The summed E-state index contributed by atoms with van der Waals surface area (Å²) in [5.74, 6) is 0. The molecule has 10 rings (SSSR count). The van der Waals surface area contributed by atoms with Gasteiger partial charge in [-0.3, -0.25) is 19.6 Å². The average molecular weight is 592 g/mol. The molecule has 0 aliphatic heterocycles. The summed E-state index contributed by atoms with van der Waals surface area (Å²) in [5, 5.41) is 11.6. The van der Waals surface area contributed by atoms with Crippen molar-refractivity contribution in [2.24, 2.45) is 0 Å². The zero-order chi connectivity index (χ0) is 31.0. The van der Waals surface area contributed by atoms with E-state index in [2.05, 4.69) is 46.4 Å². The van der Waals surface area contributed by atoms with E-state index in [1.54, 1.807) is 24.8 Å². The van der Waals surface area contributed by atoms with Crippen molar-refractivity contribution < 1.29 is 0 Å². The smallest absolute Gasteiger partial charge is 0.266 e. The first-order chi connectivity index (χ1) is 22.4. The summed E-state index contributed by atoms with van der Waals surface area (Å²) >= 11 is 0. The topological polar surface area (TPSA) is 64.8 Å². The Morgan fingerprint density at radius 3 is 1.43 bits per heavy atom. The van der Waals surface area contributed by atoms with Gasteiger partial charge in [0, 0.05) is 24.8 Å². The second-order valence-corrected chi connectivity index (χ2v) is 12.6. The van der Waals surface area contributed by atoms with Gasteiger partial charge in [-0.05, 0) is 150 Å². The van der Waals surface area contributed by atoms with Crippen LogP contribution in [0.25, 0.3) is 92.6 Å². The third-order valence-electron chi connectivity index (χ3n) is 10.4. The number of nitrogens with zero attached hydrogens (tertiary/aromatic N) is 3. The van der Waals surface area contributed by atoms with E-state index in [0.717, 1.165) is 87.4 Å². The number of benzene rings is 6. The van der Waals surface area contributed by atoms with Crippen LogP contribution in [0.5, 0.6) is 0 Å². The Labute approximate surface area is 262 Å². The minimum atomic E-state index is -0.271. The first kappa shape index (κ1) is 25.4. The van der Waals surface area contributed by atoms with Gasteiger partial charge in [0.2, 0.25) is 0 Å². The molecule has 0 bridgehead atoms. The minimum Gasteiger partial charge on any atom is -0.268 e. The van der Waals surface area contributed by atoms with E-state index in [9.17, 15) is 9.59 Å². The number of pyridine rings is 2. The van der Waals surface area contributed by atoms with Gasteiger partial charge < -0.3 is 0 Å². The molecule has 5 heteroatoms. The molecule has 7 aromatic carbocycles. The number of hydrogen-bond acceptors (Lipinski definition) is 4. The van der Waals surface area contributed by atoms with E-state index in [4.69, 9.17) is 0 Å². The van der Waals surface area contributed by atoms with Crippen LogP contribution in [0.4, 0.5) is 0 Å². The molecule has 0 spiro atoms. The molecule has 0 saturated carbocycles. The molecule has 0 N–H and O–H groups in total. The van der Waals surface area contributed by atoms with Crippen molar-refractivity contribution in [3.05, 3.63) is 135 Å². The van der Waals surface area contributed by atoms with Crippen molar-refractivity contribution in [1.82, 2.24) is 14.5 Å².